The fourth-order valence-corrected chi connectivity index (χ4v) is 2.00. The molecular weight excluding hydrogens is 182 g/mol. The van der Waals surface area contributed by atoms with E-state index in [1.54, 1.807) is 0 Å². The number of hydrogen-bond donors (Lipinski definition) is 0. The Morgan fingerprint density at radius 3 is 2.85 bits per heavy atom. The van der Waals surface area contributed by atoms with Gasteiger partial charge in [-0.3, -0.25) is 0 Å². The van der Waals surface area contributed by atoms with Crippen molar-refractivity contribution in [1.29, 1.82) is 0 Å². The number of fused-ring (bicyclic) bond motifs is 1. The molecule has 0 saturated carbocycles. The third-order valence-corrected chi connectivity index (χ3v) is 3.06. The van der Waals surface area contributed by atoms with Crippen LogP contribution < -0.4 is 4.90 Å². The van der Waals surface area contributed by atoms with Crippen LogP contribution >= 0.6 is 11.6 Å². The lowest BCUT2D eigenvalue weighted by Crippen LogP contribution is -2.14. The van der Waals surface area contributed by atoms with Crippen LogP contribution in [0.4, 0.5) is 5.69 Å². The maximum atomic E-state index is 5.76. The maximum absolute atomic E-state index is 5.76. The Balaban J connectivity index is 2.30. The molecule has 0 radical (unpaired) electrons. The zero-order valence-corrected chi connectivity index (χ0v) is 8.64. The Hall–Kier alpha value is -0.690. The van der Waals surface area contributed by atoms with Crippen LogP contribution in [-0.4, -0.2) is 13.1 Å². The standard InChI is InChI=1S/C11H14ClN/c1-13(8-12)11-6-5-9-3-2-4-10(9)7-11/h5-7H,2-4,8H2,1H3. The molecule has 70 valence electrons. The van der Waals surface area contributed by atoms with Crippen molar-refractivity contribution in [2.45, 2.75) is 19.3 Å². The molecule has 1 aromatic rings. The van der Waals surface area contributed by atoms with Crippen LogP contribution in [0.2, 0.25) is 0 Å². The second-order valence-electron chi connectivity index (χ2n) is 3.62. The van der Waals surface area contributed by atoms with Crippen molar-refractivity contribution in [3.05, 3.63) is 29.3 Å². The topological polar surface area (TPSA) is 3.24 Å². The van der Waals surface area contributed by atoms with Gasteiger partial charge in [0.15, 0.2) is 0 Å². The van der Waals surface area contributed by atoms with Crippen molar-refractivity contribution in [3.63, 3.8) is 0 Å². The zero-order chi connectivity index (χ0) is 9.26. The first kappa shape index (κ1) is 8.89. The molecule has 0 N–H and O–H groups in total. The summed E-state index contributed by atoms with van der Waals surface area (Å²) < 4.78 is 0. The van der Waals surface area contributed by atoms with Gasteiger partial charge in [-0.2, -0.15) is 0 Å². The molecule has 1 nitrogen and oxygen atoms in total. The summed E-state index contributed by atoms with van der Waals surface area (Å²) in [7, 11) is 2.02. The van der Waals surface area contributed by atoms with Gasteiger partial charge >= 0.3 is 0 Å². The number of benzene rings is 1. The number of anilines is 1. The van der Waals surface area contributed by atoms with E-state index >= 15 is 0 Å². The van der Waals surface area contributed by atoms with Crippen molar-refractivity contribution in [1.82, 2.24) is 0 Å². The fourth-order valence-electron chi connectivity index (χ4n) is 1.86. The number of halogens is 1. The van der Waals surface area contributed by atoms with Crippen LogP contribution in [0.3, 0.4) is 0 Å². The van der Waals surface area contributed by atoms with Gasteiger partial charge in [-0.1, -0.05) is 6.07 Å². The average Bonchev–Trinajstić information content (AvgIpc) is 2.63. The first-order valence-corrected chi connectivity index (χ1v) is 5.23. The molecule has 0 bridgehead atoms. The van der Waals surface area contributed by atoms with Gasteiger partial charge in [-0.15, -0.1) is 11.6 Å². The second kappa shape index (κ2) is 3.59. The molecule has 1 aliphatic rings. The van der Waals surface area contributed by atoms with Gasteiger partial charge in [0.2, 0.25) is 0 Å². The van der Waals surface area contributed by atoms with Gasteiger partial charge < -0.3 is 4.90 Å². The summed E-state index contributed by atoms with van der Waals surface area (Å²) in [6.45, 7) is 0. The van der Waals surface area contributed by atoms with Gasteiger partial charge in [-0.25, -0.2) is 0 Å². The Kier molecular flexibility index (Phi) is 2.45. The first-order chi connectivity index (χ1) is 6.31. The van der Waals surface area contributed by atoms with Crippen LogP contribution in [0.1, 0.15) is 17.5 Å². The molecule has 1 aliphatic carbocycles. The molecular formula is C11H14ClN. The summed E-state index contributed by atoms with van der Waals surface area (Å²) in [6.07, 6.45) is 3.79. The van der Waals surface area contributed by atoms with E-state index in [0.29, 0.717) is 6.00 Å². The summed E-state index contributed by atoms with van der Waals surface area (Å²) in [5.41, 5.74) is 4.26. The van der Waals surface area contributed by atoms with Crippen molar-refractivity contribution >= 4 is 17.3 Å². The lowest BCUT2D eigenvalue weighted by Gasteiger charge is -2.16. The molecule has 0 saturated heterocycles. The largest absolute Gasteiger partial charge is 0.361 e. The van der Waals surface area contributed by atoms with Crippen LogP contribution in [0, 0.1) is 0 Å². The van der Waals surface area contributed by atoms with Crippen LogP contribution in [0.15, 0.2) is 18.2 Å². The Morgan fingerprint density at radius 1 is 1.31 bits per heavy atom. The maximum Gasteiger partial charge on any atom is 0.0925 e. The number of rotatable bonds is 2. The van der Waals surface area contributed by atoms with Crippen molar-refractivity contribution < 1.29 is 0 Å². The molecule has 0 heterocycles. The molecule has 0 aliphatic heterocycles. The summed E-state index contributed by atoms with van der Waals surface area (Å²) in [6, 6.07) is 7.22. The second-order valence-corrected chi connectivity index (χ2v) is 3.86. The van der Waals surface area contributed by atoms with E-state index in [1.807, 2.05) is 7.05 Å². The molecule has 13 heavy (non-hydrogen) atoms. The third kappa shape index (κ3) is 1.66. The fraction of sp³-hybridized carbons (Fsp3) is 0.455. The molecule has 0 spiro atoms. The summed E-state index contributed by atoms with van der Waals surface area (Å²) in [5, 5.41) is 0. The molecule has 2 rings (SSSR count). The van der Waals surface area contributed by atoms with Crippen LogP contribution in [-0.2, 0) is 12.8 Å². The van der Waals surface area contributed by atoms with E-state index in [1.165, 1.54) is 36.1 Å². The predicted molar refractivity (Wildman–Crippen MR) is 57.6 cm³/mol. The van der Waals surface area contributed by atoms with Crippen molar-refractivity contribution in [2.24, 2.45) is 0 Å². The summed E-state index contributed by atoms with van der Waals surface area (Å²) >= 11 is 5.76. The smallest absolute Gasteiger partial charge is 0.0925 e. The number of aryl methyl sites for hydroxylation is 2. The third-order valence-electron chi connectivity index (χ3n) is 2.70. The van der Waals surface area contributed by atoms with Crippen LogP contribution in [0.5, 0.6) is 0 Å². The Morgan fingerprint density at radius 2 is 2.08 bits per heavy atom. The van der Waals surface area contributed by atoms with Gasteiger partial charge in [0.1, 0.15) is 0 Å². The average molecular weight is 196 g/mol. The molecule has 0 fully saturated rings. The SMILES string of the molecule is CN(CCl)c1ccc2c(c1)CCC2. The summed E-state index contributed by atoms with van der Waals surface area (Å²) in [5.74, 6) is 0. The molecule has 0 aromatic heterocycles. The molecule has 0 amide bonds. The highest BCUT2D eigenvalue weighted by Crippen LogP contribution is 2.26. The molecule has 0 unspecified atom stereocenters. The number of alkyl halides is 1. The van der Waals surface area contributed by atoms with Gasteiger partial charge in [-0.05, 0) is 42.5 Å². The van der Waals surface area contributed by atoms with E-state index in [2.05, 4.69) is 23.1 Å². The molecule has 2 heteroatoms. The Labute approximate surface area is 84.3 Å². The number of nitrogens with zero attached hydrogens (tertiary/aromatic N) is 1. The summed E-state index contributed by atoms with van der Waals surface area (Å²) in [4.78, 5) is 2.06. The minimum Gasteiger partial charge on any atom is -0.361 e. The lowest BCUT2D eigenvalue weighted by atomic mass is 10.1. The van der Waals surface area contributed by atoms with E-state index in [0.717, 1.165) is 0 Å². The van der Waals surface area contributed by atoms with Gasteiger partial charge in [0.25, 0.3) is 0 Å². The van der Waals surface area contributed by atoms with E-state index in [-0.39, 0.29) is 0 Å². The highest BCUT2D eigenvalue weighted by molar-refractivity contribution is 6.18. The van der Waals surface area contributed by atoms with E-state index in [9.17, 15) is 0 Å². The van der Waals surface area contributed by atoms with Crippen molar-refractivity contribution in [2.75, 3.05) is 18.0 Å². The predicted octanol–water partition coefficient (Wildman–Crippen LogP) is 2.81. The minimum absolute atomic E-state index is 0.554. The minimum atomic E-state index is 0.554. The van der Waals surface area contributed by atoms with Crippen LogP contribution in [0.25, 0.3) is 0 Å². The van der Waals surface area contributed by atoms with Crippen molar-refractivity contribution in [3.8, 4) is 0 Å². The van der Waals surface area contributed by atoms with Gasteiger partial charge in [0.05, 0.1) is 6.00 Å². The zero-order valence-electron chi connectivity index (χ0n) is 7.89. The molecule has 1 aromatic carbocycles. The highest BCUT2D eigenvalue weighted by Gasteiger charge is 2.11. The van der Waals surface area contributed by atoms with E-state index in [4.69, 9.17) is 11.6 Å². The Bertz CT molecular complexity index is 309. The number of hydrogen-bond acceptors (Lipinski definition) is 1. The monoisotopic (exact) mass is 195 g/mol. The lowest BCUT2D eigenvalue weighted by molar-refractivity contribution is 0.911. The highest BCUT2D eigenvalue weighted by atomic mass is 35.5. The quantitative estimate of drug-likeness (QED) is 0.518. The van der Waals surface area contributed by atoms with Gasteiger partial charge in [0, 0.05) is 12.7 Å². The normalized spacial score (nSPS) is 14.3. The van der Waals surface area contributed by atoms with E-state index < -0.39 is 0 Å². The molecule has 0 atom stereocenters. The first-order valence-electron chi connectivity index (χ1n) is 4.70.